The number of ether oxygens (including phenoxy) is 2. The fourth-order valence-corrected chi connectivity index (χ4v) is 2.85. The summed E-state index contributed by atoms with van der Waals surface area (Å²) in [4.78, 5) is 25.7. The largest absolute Gasteiger partial charge is 0.496 e. The Hall–Kier alpha value is -3.02. The molecule has 1 N–H and O–H groups in total. The zero-order chi connectivity index (χ0) is 17.8. The van der Waals surface area contributed by atoms with E-state index in [4.69, 9.17) is 9.47 Å². The molecule has 0 radical (unpaired) electrons. The van der Waals surface area contributed by atoms with Gasteiger partial charge in [0.25, 0.3) is 0 Å². The van der Waals surface area contributed by atoms with Gasteiger partial charge in [0, 0.05) is 24.2 Å². The fraction of sp³-hybridized carbons (Fsp3) is 0.263. The van der Waals surface area contributed by atoms with Crippen LogP contribution in [-0.2, 0) is 16.0 Å². The molecule has 1 aliphatic heterocycles. The van der Waals surface area contributed by atoms with Crippen LogP contribution in [0, 0.1) is 0 Å². The van der Waals surface area contributed by atoms with E-state index < -0.39 is 0 Å². The highest BCUT2D eigenvalue weighted by Gasteiger charge is 2.21. The second-order valence-electron chi connectivity index (χ2n) is 5.74. The maximum Gasteiger partial charge on any atom is 0.228 e. The highest BCUT2D eigenvalue weighted by molar-refractivity contribution is 5.96. The normalized spacial score (nSPS) is 12.8. The molecule has 25 heavy (non-hydrogen) atoms. The monoisotopic (exact) mass is 340 g/mol. The number of rotatable bonds is 4. The van der Waals surface area contributed by atoms with E-state index in [1.165, 1.54) is 6.92 Å². The number of benzene rings is 2. The molecule has 6 heteroatoms. The lowest BCUT2D eigenvalue weighted by Crippen LogP contribution is -2.36. The molecule has 130 valence electrons. The van der Waals surface area contributed by atoms with Gasteiger partial charge in [-0.05, 0) is 18.2 Å². The molecule has 0 saturated heterocycles. The summed E-state index contributed by atoms with van der Waals surface area (Å²) in [5.41, 5.74) is 2.17. The molecule has 3 rings (SSSR count). The average Bonchev–Trinajstić information content (AvgIpc) is 2.61. The summed E-state index contributed by atoms with van der Waals surface area (Å²) < 4.78 is 10.9. The predicted octanol–water partition coefficient (Wildman–Crippen LogP) is 2.62. The number of nitrogens with zero attached hydrogens (tertiary/aromatic N) is 1. The number of methoxy groups -OCH3 is 1. The second kappa shape index (κ2) is 7.25. The molecule has 0 aromatic heterocycles. The molecular weight excluding hydrogens is 320 g/mol. The van der Waals surface area contributed by atoms with Crippen molar-refractivity contribution in [3.05, 3.63) is 48.0 Å². The van der Waals surface area contributed by atoms with Gasteiger partial charge in [0.2, 0.25) is 11.8 Å². The Morgan fingerprint density at radius 3 is 2.80 bits per heavy atom. The van der Waals surface area contributed by atoms with Gasteiger partial charge in [0.1, 0.15) is 18.1 Å². The van der Waals surface area contributed by atoms with Crippen molar-refractivity contribution in [2.75, 3.05) is 30.5 Å². The minimum atomic E-state index is -0.149. The lowest BCUT2D eigenvalue weighted by Gasteiger charge is -2.29. The fourth-order valence-electron chi connectivity index (χ4n) is 2.85. The number of nitrogens with one attached hydrogen (secondary N) is 1. The van der Waals surface area contributed by atoms with Gasteiger partial charge < -0.3 is 19.7 Å². The van der Waals surface area contributed by atoms with Crippen LogP contribution >= 0.6 is 0 Å². The standard InChI is InChI=1S/C19H20N2O4/c1-13(22)21-9-10-25-18-12-15(7-8-16(18)21)20-19(23)11-14-5-3-4-6-17(14)24-2/h3-8,12H,9-11H2,1-2H3,(H,20,23). The molecule has 0 spiro atoms. The molecule has 0 fully saturated rings. The molecule has 6 nitrogen and oxygen atoms in total. The van der Waals surface area contributed by atoms with Gasteiger partial charge in [-0.25, -0.2) is 0 Å². The summed E-state index contributed by atoms with van der Waals surface area (Å²) in [6.45, 7) is 2.49. The average molecular weight is 340 g/mol. The van der Waals surface area contributed by atoms with Crippen molar-refractivity contribution in [1.29, 1.82) is 0 Å². The second-order valence-corrected chi connectivity index (χ2v) is 5.74. The Morgan fingerprint density at radius 1 is 1.24 bits per heavy atom. The van der Waals surface area contributed by atoms with Gasteiger partial charge in [-0.15, -0.1) is 0 Å². The van der Waals surface area contributed by atoms with Crippen molar-refractivity contribution in [2.24, 2.45) is 0 Å². The van der Waals surface area contributed by atoms with E-state index in [-0.39, 0.29) is 18.2 Å². The van der Waals surface area contributed by atoms with Gasteiger partial charge in [0.05, 0.1) is 25.8 Å². The number of hydrogen-bond donors (Lipinski definition) is 1. The van der Waals surface area contributed by atoms with Crippen LogP contribution in [0.4, 0.5) is 11.4 Å². The summed E-state index contributed by atoms with van der Waals surface area (Å²) in [5, 5.41) is 2.86. The van der Waals surface area contributed by atoms with E-state index in [0.717, 1.165) is 11.3 Å². The molecule has 0 atom stereocenters. The summed E-state index contributed by atoms with van der Waals surface area (Å²) in [6, 6.07) is 12.7. The number of fused-ring (bicyclic) bond motifs is 1. The van der Waals surface area contributed by atoms with Gasteiger partial charge in [-0.1, -0.05) is 18.2 Å². The number of hydrogen-bond acceptors (Lipinski definition) is 4. The Labute approximate surface area is 146 Å². The van der Waals surface area contributed by atoms with Crippen LogP contribution in [0.3, 0.4) is 0 Å². The van der Waals surface area contributed by atoms with Crippen molar-refractivity contribution < 1.29 is 19.1 Å². The van der Waals surface area contributed by atoms with Crippen LogP contribution in [0.5, 0.6) is 11.5 Å². The van der Waals surface area contributed by atoms with Crippen molar-refractivity contribution in [3.63, 3.8) is 0 Å². The zero-order valence-corrected chi connectivity index (χ0v) is 14.2. The summed E-state index contributed by atoms with van der Waals surface area (Å²) in [6.07, 6.45) is 0.210. The molecular formula is C19H20N2O4. The number of carbonyl (C=O) groups is 2. The van der Waals surface area contributed by atoms with Crippen LogP contribution in [0.2, 0.25) is 0 Å². The summed E-state index contributed by atoms with van der Waals surface area (Å²) in [5.74, 6) is 1.10. The predicted molar refractivity (Wildman–Crippen MR) is 95.3 cm³/mol. The van der Waals surface area contributed by atoms with Gasteiger partial charge >= 0.3 is 0 Å². The van der Waals surface area contributed by atoms with Crippen LogP contribution in [-0.4, -0.2) is 32.1 Å². The lowest BCUT2D eigenvalue weighted by atomic mass is 10.1. The van der Waals surface area contributed by atoms with Crippen molar-refractivity contribution in [3.8, 4) is 11.5 Å². The molecule has 0 unspecified atom stereocenters. The minimum Gasteiger partial charge on any atom is -0.496 e. The lowest BCUT2D eigenvalue weighted by molar-refractivity contribution is -0.117. The molecule has 0 bridgehead atoms. The third kappa shape index (κ3) is 3.74. The topological polar surface area (TPSA) is 67.9 Å². The van der Waals surface area contributed by atoms with Crippen molar-refractivity contribution >= 4 is 23.2 Å². The molecule has 1 aliphatic rings. The van der Waals surface area contributed by atoms with Crippen LogP contribution < -0.4 is 19.7 Å². The highest BCUT2D eigenvalue weighted by atomic mass is 16.5. The number of amides is 2. The van der Waals surface area contributed by atoms with Gasteiger partial charge in [-0.3, -0.25) is 9.59 Å². The quantitative estimate of drug-likeness (QED) is 0.929. The SMILES string of the molecule is COc1ccccc1CC(=O)Nc1ccc2c(c1)OCCN2C(C)=O. The van der Waals surface area contributed by atoms with E-state index in [2.05, 4.69) is 5.32 Å². The summed E-state index contributed by atoms with van der Waals surface area (Å²) in [7, 11) is 1.58. The molecule has 2 aromatic carbocycles. The first kappa shape index (κ1) is 16.8. The summed E-state index contributed by atoms with van der Waals surface area (Å²) >= 11 is 0. The maximum absolute atomic E-state index is 12.3. The maximum atomic E-state index is 12.3. The number of carbonyl (C=O) groups excluding carboxylic acids is 2. The van der Waals surface area contributed by atoms with Crippen LogP contribution in [0.1, 0.15) is 12.5 Å². The molecule has 2 aromatic rings. The Balaban J connectivity index is 1.73. The zero-order valence-electron chi connectivity index (χ0n) is 14.2. The van der Waals surface area contributed by atoms with Crippen LogP contribution in [0.25, 0.3) is 0 Å². The first-order chi connectivity index (χ1) is 12.1. The molecule has 2 amide bonds. The van der Waals surface area contributed by atoms with E-state index in [1.54, 1.807) is 30.2 Å². The molecule has 0 saturated carbocycles. The van der Waals surface area contributed by atoms with E-state index in [0.29, 0.717) is 30.3 Å². The molecule has 1 heterocycles. The minimum absolute atomic E-state index is 0.0301. The Kier molecular flexibility index (Phi) is 4.88. The number of para-hydroxylation sites is 1. The number of anilines is 2. The first-order valence-electron chi connectivity index (χ1n) is 8.05. The van der Waals surface area contributed by atoms with Crippen molar-refractivity contribution in [2.45, 2.75) is 13.3 Å². The Bertz CT molecular complexity index is 804. The van der Waals surface area contributed by atoms with E-state index in [9.17, 15) is 9.59 Å². The smallest absolute Gasteiger partial charge is 0.228 e. The van der Waals surface area contributed by atoms with E-state index in [1.807, 2.05) is 24.3 Å². The first-order valence-corrected chi connectivity index (χ1v) is 8.05. The van der Waals surface area contributed by atoms with Crippen molar-refractivity contribution in [1.82, 2.24) is 0 Å². The van der Waals surface area contributed by atoms with E-state index >= 15 is 0 Å². The Morgan fingerprint density at radius 2 is 2.04 bits per heavy atom. The van der Waals surface area contributed by atoms with Gasteiger partial charge in [-0.2, -0.15) is 0 Å². The third-order valence-electron chi connectivity index (χ3n) is 4.03. The molecule has 0 aliphatic carbocycles. The van der Waals surface area contributed by atoms with Gasteiger partial charge in [0.15, 0.2) is 0 Å². The third-order valence-corrected chi connectivity index (χ3v) is 4.03. The van der Waals surface area contributed by atoms with Crippen LogP contribution in [0.15, 0.2) is 42.5 Å². The highest BCUT2D eigenvalue weighted by Crippen LogP contribution is 2.34.